The number of para-hydroxylation sites is 1. The van der Waals surface area contributed by atoms with Gasteiger partial charge in [-0.2, -0.15) is 0 Å². The third kappa shape index (κ3) is 2.05. The van der Waals surface area contributed by atoms with Crippen LogP contribution in [0, 0.1) is 0 Å². The normalized spacial score (nSPS) is 11.3. The van der Waals surface area contributed by atoms with Crippen LogP contribution in [0.1, 0.15) is 10.4 Å². The van der Waals surface area contributed by atoms with Gasteiger partial charge in [-0.1, -0.05) is 6.07 Å². The third-order valence-electron chi connectivity index (χ3n) is 1.68. The Labute approximate surface area is 86.6 Å². The molecule has 0 heterocycles. The van der Waals surface area contributed by atoms with E-state index in [-0.39, 0.29) is 16.1 Å². The summed E-state index contributed by atoms with van der Waals surface area (Å²) in [6.45, 7) is 0. The van der Waals surface area contributed by atoms with Gasteiger partial charge in [0.1, 0.15) is 0 Å². The molecule has 0 aromatic heterocycles. The average Bonchev–Trinajstić information content (AvgIpc) is 2.01. The van der Waals surface area contributed by atoms with Crippen LogP contribution in [0.15, 0.2) is 23.1 Å². The Bertz CT molecular complexity index is 481. The molecule has 0 fully saturated rings. The molecule has 0 bridgehead atoms. The zero-order valence-corrected chi connectivity index (χ0v) is 8.89. The summed E-state index contributed by atoms with van der Waals surface area (Å²) in [5.74, 6) is 0. The smallest absolute Gasteiger partial charge is 0.254 e. The molecule has 2 N–H and O–H groups in total. The lowest BCUT2D eigenvalue weighted by Crippen LogP contribution is -2.06. The highest BCUT2D eigenvalue weighted by molar-refractivity contribution is 7.90. The molecule has 0 aliphatic carbocycles. The molecule has 0 saturated heterocycles. The number of carbonyl (C=O) groups is 1. The van der Waals surface area contributed by atoms with Crippen molar-refractivity contribution in [3.05, 3.63) is 23.8 Å². The quantitative estimate of drug-likeness (QED) is 0.612. The molecule has 1 aromatic rings. The molecule has 76 valence electrons. The maximum atomic E-state index is 11.2. The van der Waals surface area contributed by atoms with Crippen LogP contribution in [0.2, 0.25) is 0 Å². The van der Waals surface area contributed by atoms with Crippen molar-refractivity contribution in [3.63, 3.8) is 0 Å². The lowest BCUT2D eigenvalue weighted by molar-refractivity contribution is 0.108. The number of anilines is 1. The SMILES string of the molecule is CS(=O)(=O)c1cccc(C(=O)Cl)c1N. The largest absolute Gasteiger partial charge is 0.397 e. The van der Waals surface area contributed by atoms with Gasteiger partial charge in [0.15, 0.2) is 9.84 Å². The molecule has 6 heteroatoms. The summed E-state index contributed by atoms with van der Waals surface area (Å²) in [4.78, 5) is 10.8. The van der Waals surface area contributed by atoms with Gasteiger partial charge in [-0.3, -0.25) is 4.79 Å². The summed E-state index contributed by atoms with van der Waals surface area (Å²) in [7, 11) is -3.43. The fourth-order valence-corrected chi connectivity index (χ4v) is 2.04. The lowest BCUT2D eigenvalue weighted by Gasteiger charge is -2.05. The van der Waals surface area contributed by atoms with Gasteiger partial charge < -0.3 is 5.73 Å². The summed E-state index contributed by atoms with van der Waals surface area (Å²) in [5, 5.41) is -0.770. The van der Waals surface area contributed by atoms with E-state index in [1.54, 1.807) is 0 Å². The number of carbonyl (C=O) groups excluding carboxylic acids is 1. The molecule has 0 aliphatic heterocycles. The molecule has 0 aliphatic rings. The summed E-state index contributed by atoms with van der Waals surface area (Å²) in [5.41, 5.74) is 5.39. The molecule has 1 aromatic carbocycles. The van der Waals surface area contributed by atoms with Crippen LogP contribution in [0.25, 0.3) is 0 Å². The highest BCUT2D eigenvalue weighted by Gasteiger charge is 2.16. The minimum Gasteiger partial charge on any atom is -0.397 e. The van der Waals surface area contributed by atoms with Crippen molar-refractivity contribution in [2.45, 2.75) is 4.90 Å². The second-order valence-corrected chi connectivity index (χ2v) is 5.09. The number of hydrogen-bond acceptors (Lipinski definition) is 4. The van der Waals surface area contributed by atoms with E-state index in [2.05, 4.69) is 0 Å². The minimum atomic E-state index is -3.43. The topological polar surface area (TPSA) is 77.2 Å². The first-order chi connectivity index (χ1) is 6.34. The maximum Gasteiger partial charge on any atom is 0.254 e. The molecule has 0 amide bonds. The average molecular weight is 234 g/mol. The molecule has 14 heavy (non-hydrogen) atoms. The Kier molecular flexibility index (Phi) is 2.82. The second kappa shape index (κ2) is 3.59. The van der Waals surface area contributed by atoms with Crippen LogP contribution >= 0.6 is 11.6 Å². The predicted molar refractivity (Wildman–Crippen MR) is 54.1 cm³/mol. The van der Waals surface area contributed by atoms with Crippen LogP contribution in [0.3, 0.4) is 0 Å². The summed E-state index contributed by atoms with van der Waals surface area (Å²) < 4.78 is 22.4. The Hall–Kier alpha value is -1.07. The van der Waals surface area contributed by atoms with Crippen molar-refractivity contribution < 1.29 is 13.2 Å². The van der Waals surface area contributed by atoms with Crippen molar-refractivity contribution in [2.24, 2.45) is 0 Å². The fraction of sp³-hybridized carbons (Fsp3) is 0.125. The van der Waals surface area contributed by atoms with Gasteiger partial charge in [0.2, 0.25) is 0 Å². The van der Waals surface area contributed by atoms with Gasteiger partial charge in [0.25, 0.3) is 5.24 Å². The first kappa shape index (κ1) is 11.0. The number of sulfone groups is 1. The monoisotopic (exact) mass is 233 g/mol. The lowest BCUT2D eigenvalue weighted by atomic mass is 10.2. The van der Waals surface area contributed by atoms with Crippen LogP contribution in [0.4, 0.5) is 5.69 Å². The number of benzene rings is 1. The maximum absolute atomic E-state index is 11.2. The van der Waals surface area contributed by atoms with Crippen molar-refractivity contribution in [3.8, 4) is 0 Å². The van der Waals surface area contributed by atoms with E-state index in [4.69, 9.17) is 17.3 Å². The second-order valence-electron chi connectivity index (χ2n) is 2.76. The van der Waals surface area contributed by atoms with Crippen molar-refractivity contribution in [1.29, 1.82) is 0 Å². The summed E-state index contributed by atoms with van der Waals surface area (Å²) in [6, 6.07) is 4.12. The standard InChI is InChI=1S/C8H8ClNO3S/c1-14(12,13)6-4-2-3-5(7(6)10)8(9)11/h2-4H,10H2,1H3. The number of nitrogen functional groups attached to an aromatic ring is 1. The Morgan fingerprint density at radius 2 is 2.00 bits per heavy atom. The molecule has 0 saturated carbocycles. The zero-order valence-electron chi connectivity index (χ0n) is 7.32. The van der Waals surface area contributed by atoms with E-state index in [0.717, 1.165) is 6.26 Å². The molecule has 1 rings (SSSR count). The van der Waals surface area contributed by atoms with E-state index in [9.17, 15) is 13.2 Å². The van der Waals surface area contributed by atoms with E-state index in [1.165, 1.54) is 18.2 Å². The van der Waals surface area contributed by atoms with Crippen LogP contribution in [-0.4, -0.2) is 19.9 Å². The Balaban J connectivity index is 3.51. The van der Waals surface area contributed by atoms with Crippen molar-refractivity contribution in [2.75, 3.05) is 12.0 Å². The van der Waals surface area contributed by atoms with Crippen LogP contribution < -0.4 is 5.73 Å². The number of rotatable bonds is 2. The van der Waals surface area contributed by atoms with Gasteiger partial charge >= 0.3 is 0 Å². The first-order valence-corrected chi connectivity index (χ1v) is 5.89. The van der Waals surface area contributed by atoms with Gasteiger partial charge in [0.05, 0.1) is 16.1 Å². The van der Waals surface area contributed by atoms with E-state index >= 15 is 0 Å². The number of nitrogens with two attached hydrogens (primary N) is 1. The minimum absolute atomic E-state index is 0.00888. The van der Waals surface area contributed by atoms with Gasteiger partial charge in [-0.15, -0.1) is 0 Å². The number of halogens is 1. The Morgan fingerprint density at radius 3 is 2.43 bits per heavy atom. The fourth-order valence-electron chi connectivity index (χ4n) is 1.04. The number of hydrogen-bond donors (Lipinski definition) is 1. The molecular weight excluding hydrogens is 226 g/mol. The highest BCUT2D eigenvalue weighted by atomic mass is 35.5. The van der Waals surface area contributed by atoms with Gasteiger partial charge in [0, 0.05) is 6.26 Å². The summed E-state index contributed by atoms with van der Waals surface area (Å²) in [6.07, 6.45) is 1.02. The zero-order chi connectivity index (χ0) is 10.9. The van der Waals surface area contributed by atoms with E-state index < -0.39 is 15.1 Å². The summed E-state index contributed by atoms with van der Waals surface area (Å²) >= 11 is 5.22. The molecule has 0 atom stereocenters. The van der Waals surface area contributed by atoms with E-state index in [0.29, 0.717) is 0 Å². The van der Waals surface area contributed by atoms with E-state index in [1.807, 2.05) is 0 Å². The Morgan fingerprint density at radius 1 is 1.43 bits per heavy atom. The molecule has 0 unspecified atom stereocenters. The first-order valence-electron chi connectivity index (χ1n) is 3.62. The molecule has 4 nitrogen and oxygen atoms in total. The van der Waals surface area contributed by atoms with Crippen molar-refractivity contribution in [1.82, 2.24) is 0 Å². The third-order valence-corrected chi connectivity index (χ3v) is 3.04. The molecule has 0 radical (unpaired) electrons. The van der Waals surface area contributed by atoms with Gasteiger partial charge in [-0.05, 0) is 23.7 Å². The van der Waals surface area contributed by atoms with Crippen LogP contribution in [-0.2, 0) is 9.84 Å². The predicted octanol–water partition coefficient (Wildman–Crippen LogP) is 1.05. The van der Waals surface area contributed by atoms with Crippen LogP contribution in [0.5, 0.6) is 0 Å². The highest BCUT2D eigenvalue weighted by Crippen LogP contribution is 2.23. The van der Waals surface area contributed by atoms with Gasteiger partial charge in [-0.25, -0.2) is 8.42 Å². The molecular formula is C8H8ClNO3S. The van der Waals surface area contributed by atoms with Crippen molar-refractivity contribution >= 4 is 32.4 Å². The molecule has 0 spiro atoms.